The molecule has 0 bridgehead atoms. The summed E-state index contributed by atoms with van der Waals surface area (Å²) in [4.78, 5) is 30.3. The molecule has 0 aliphatic carbocycles. The summed E-state index contributed by atoms with van der Waals surface area (Å²) in [6.45, 7) is 1.08. The van der Waals surface area contributed by atoms with E-state index in [4.69, 9.17) is 0 Å². The first-order chi connectivity index (χ1) is 14.5. The SMILES string of the molecule is CNC(=O)CNC(=O)c1ccc(N2CC[C@H](F)C2)nc1NCCc1cccc(F)c1. The predicted octanol–water partition coefficient (Wildman–Crippen LogP) is 1.90. The lowest BCUT2D eigenvalue weighted by Gasteiger charge is -2.19. The molecule has 1 saturated heterocycles. The zero-order chi connectivity index (χ0) is 21.5. The van der Waals surface area contributed by atoms with E-state index in [2.05, 4.69) is 20.9 Å². The molecule has 0 radical (unpaired) electrons. The normalized spacial score (nSPS) is 15.7. The molecule has 3 N–H and O–H groups in total. The number of carbonyl (C=O) groups excluding carboxylic acids is 2. The highest BCUT2D eigenvalue weighted by Crippen LogP contribution is 2.24. The quantitative estimate of drug-likeness (QED) is 0.611. The third-order valence-electron chi connectivity index (χ3n) is 4.86. The number of halogens is 2. The van der Waals surface area contributed by atoms with E-state index in [9.17, 15) is 18.4 Å². The molecule has 0 unspecified atom stereocenters. The molecule has 0 spiro atoms. The Labute approximate surface area is 173 Å². The molecule has 1 aliphatic rings. The zero-order valence-electron chi connectivity index (χ0n) is 16.8. The molecule has 30 heavy (non-hydrogen) atoms. The zero-order valence-corrected chi connectivity index (χ0v) is 16.8. The Hall–Kier alpha value is -3.23. The first-order valence-corrected chi connectivity index (χ1v) is 9.83. The Balaban J connectivity index is 1.74. The van der Waals surface area contributed by atoms with E-state index in [-0.39, 0.29) is 30.4 Å². The van der Waals surface area contributed by atoms with Crippen molar-refractivity contribution in [2.24, 2.45) is 0 Å². The van der Waals surface area contributed by atoms with Crippen LogP contribution in [0, 0.1) is 5.82 Å². The molecular weight excluding hydrogens is 392 g/mol. The van der Waals surface area contributed by atoms with Crippen LogP contribution in [0.4, 0.5) is 20.4 Å². The van der Waals surface area contributed by atoms with Crippen LogP contribution >= 0.6 is 0 Å². The van der Waals surface area contributed by atoms with Crippen molar-refractivity contribution in [2.45, 2.75) is 19.0 Å². The fourth-order valence-electron chi connectivity index (χ4n) is 3.23. The summed E-state index contributed by atoms with van der Waals surface area (Å²) >= 11 is 0. The van der Waals surface area contributed by atoms with Gasteiger partial charge in [0.25, 0.3) is 5.91 Å². The number of aromatic nitrogens is 1. The number of carbonyl (C=O) groups is 2. The molecule has 1 fully saturated rings. The van der Waals surface area contributed by atoms with Crippen molar-refractivity contribution in [3.05, 3.63) is 53.3 Å². The highest BCUT2D eigenvalue weighted by molar-refractivity contribution is 6.00. The van der Waals surface area contributed by atoms with Crippen LogP contribution in [-0.2, 0) is 11.2 Å². The molecule has 160 valence electrons. The van der Waals surface area contributed by atoms with E-state index >= 15 is 0 Å². The Morgan fingerprint density at radius 2 is 2.10 bits per heavy atom. The molecule has 2 aromatic rings. The molecule has 0 saturated carbocycles. The van der Waals surface area contributed by atoms with Gasteiger partial charge in [0.05, 0.1) is 18.7 Å². The summed E-state index contributed by atoms with van der Waals surface area (Å²) < 4.78 is 27.0. The van der Waals surface area contributed by atoms with Gasteiger partial charge in [-0.1, -0.05) is 12.1 Å². The fraction of sp³-hybridized carbons (Fsp3) is 0.381. The Bertz CT molecular complexity index is 909. The van der Waals surface area contributed by atoms with E-state index in [1.54, 1.807) is 18.2 Å². The molecule has 1 aromatic carbocycles. The van der Waals surface area contributed by atoms with Gasteiger partial charge in [0.15, 0.2) is 0 Å². The largest absolute Gasteiger partial charge is 0.369 e. The first kappa shape index (κ1) is 21.5. The molecule has 3 rings (SSSR count). The van der Waals surface area contributed by atoms with Crippen molar-refractivity contribution in [1.29, 1.82) is 0 Å². The van der Waals surface area contributed by atoms with Crippen molar-refractivity contribution >= 4 is 23.5 Å². The Kier molecular flexibility index (Phi) is 7.16. The summed E-state index contributed by atoms with van der Waals surface area (Å²) in [5.74, 6) is -0.168. The van der Waals surface area contributed by atoms with Crippen LogP contribution in [0.3, 0.4) is 0 Å². The lowest BCUT2D eigenvalue weighted by Crippen LogP contribution is -2.35. The maximum absolute atomic E-state index is 13.6. The molecule has 2 amide bonds. The van der Waals surface area contributed by atoms with Crippen molar-refractivity contribution in [2.75, 3.05) is 43.4 Å². The minimum atomic E-state index is -0.897. The Morgan fingerprint density at radius 1 is 1.27 bits per heavy atom. The number of hydrogen-bond donors (Lipinski definition) is 3. The van der Waals surface area contributed by atoms with Crippen molar-refractivity contribution in [3.8, 4) is 0 Å². The van der Waals surface area contributed by atoms with E-state index in [0.29, 0.717) is 37.6 Å². The molecular formula is C21H25F2N5O2. The highest BCUT2D eigenvalue weighted by Gasteiger charge is 2.24. The number of alkyl halides is 1. The molecule has 9 heteroatoms. The third kappa shape index (κ3) is 5.65. The van der Waals surface area contributed by atoms with Gasteiger partial charge in [0, 0.05) is 20.1 Å². The van der Waals surface area contributed by atoms with E-state index < -0.39 is 12.1 Å². The van der Waals surface area contributed by atoms with E-state index in [0.717, 1.165) is 5.56 Å². The minimum absolute atomic E-state index is 0.157. The Morgan fingerprint density at radius 3 is 2.80 bits per heavy atom. The van der Waals surface area contributed by atoms with Gasteiger partial charge in [-0.25, -0.2) is 13.8 Å². The van der Waals surface area contributed by atoms with Crippen molar-refractivity contribution in [3.63, 3.8) is 0 Å². The molecule has 7 nitrogen and oxygen atoms in total. The smallest absolute Gasteiger partial charge is 0.255 e. The van der Waals surface area contributed by atoms with Gasteiger partial charge in [-0.2, -0.15) is 0 Å². The van der Waals surface area contributed by atoms with Gasteiger partial charge >= 0.3 is 0 Å². The predicted molar refractivity (Wildman–Crippen MR) is 111 cm³/mol. The average molecular weight is 417 g/mol. The van der Waals surface area contributed by atoms with Gasteiger partial charge in [0.1, 0.15) is 23.6 Å². The number of rotatable bonds is 8. The fourth-order valence-corrected chi connectivity index (χ4v) is 3.23. The lowest BCUT2D eigenvalue weighted by atomic mass is 10.1. The molecule has 1 atom stereocenters. The number of benzene rings is 1. The van der Waals surface area contributed by atoms with Crippen LogP contribution in [0.5, 0.6) is 0 Å². The topological polar surface area (TPSA) is 86.4 Å². The summed E-state index contributed by atoms with van der Waals surface area (Å²) in [5.41, 5.74) is 1.09. The maximum Gasteiger partial charge on any atom is 0.255 e. The first-order valence-electron chi connectivity index (χ1n) is 9.83. The van der Waals surface area contributed by atoms with Crippen LogP contribution in [-0.4, -0.2) is 56.2 Å². The summed E-state index contributed by atoms with van der Waals surface area (Å²) in [6.07, 6.45) is 0.0733. The summed E-state index contributed by atoms with van der Waals surface area (Å²) in [7, 11) is 1.48. The number of hydrogen-bond acceptors (Lipinski definition) is 5. The number of anilines is 2. The van der Waals surface area contributed by atoms with Gasteiger partial charge in [-0.05, 0) is 42.7 Å². The van der Waals surface area contributed by atoms with Crippen molar-refractivity contribution in [1.82, 2.24) is 15.6 Å². The third-order valence-corrected chi connectivity index (χ3v) is 4.86. The van der Waals surface area contributed by atoms with Crippen LogP contribution in [0.25, 0.3) is 0 Å². The van der Waals surface area contributed by atoms with E-state index in [1.807, 2.05) is 11.0 Å². The molecule has 1 aromatic heterocycles. The number of nitrogens with zero attached hydrogens (tertiary/aromatic N) is 2. The van der Waals surface area contributed by atoms with Gasteiger partial charge in [-0.3, -0.25) is 9.59 Å². The average Bonchev–Trinajstić information content (AvgIpc) is 3.18. The van der Waals surface area contributed by atoms with Crippen LogP contribution in [0.1, 0.15) is 22.3 Å². The van der Waals surface area contributed by atoms with Crippen LogP contribution in [0.2, 0.25) is 0 Å². The molecule has 1 aliphatic heterocycles. The number of amides is 2. The standard InChI is InChI=1S/C21H25F2N5O2/c1-24-19(29)12-26-21(30)17-5-6-18(28-10-8-16(23)13-28)27-20(17)25-9-7-14-3-2-4-15(22)11-14/h2-6,11,16H,7-10,12-13H2,1H3,(H,24,29)(H,25,27)(H,26,30)/t16-/m0/s1. The monoisotopic (exact) mass is 417 g/mol. The number of likely N-dealkylation sites (N-methyl/N-ethyl adjacent to an activating group) is 1. The second-order valence-corrected chi connectivity index (χ2v) is 7.06. The van der Waals surface area contributed by atoms with Crippen LogP contribution in [0.15, 0.2) is 36.4 Å². The second-order valence-electron chi connectivity index (χ2n) is 7.06. The van der Waals surface area contributed by atoms with Crippen LogP contribution < -0.4 is 20.9 Å². The minimum Gasteiger partial charge on any atom is -0.369 e. The number of nitrogens with one attached hydrogen (secondary N) is 3. The van der Waals surface area contributed by atoms with Gasteiger partial charge in [-0.15, -0.1) is 0 Å². The second kappa shape index (κ2) is 10.00. The highest BCUT2D eigenvalue weighted by atomic mass is 19.1. The maximum atomic E-state index is 13.6. The summed E-state index contributed by atoms with van der Waals surface area (Å²) in [5, 5.41) is 8.11. The van der Waals surface area contributed by atoms with E-state index in [1.165, 1.54) is 19.2 Å². The summed E-state index contributed by atoms with van der Waals surface area (Å²) in [6, 6.07) is 9.57. The number of pyridine rings is 1. The van der Waals surface area contributed by atoms with Gasteiger partial charge in [0.2, 0.25) is 5.91 Å². The van der Waals surface area contributed by atoms with Crippen molar-refractivity contribution < 1.29 is 18.4 Å². The lowest BCUT2D eigenvalue weighted by molar-refractivity contribution is -0.119. The van der Waals surface area contributed by atoms with Gasteiger partial charge < -0.3 is 20.9 Å². The molecule has 2 heterocycles.